The molecule has 1 aliphatic heterocycles. The Kier molecular flexibility index (Phi) is 3.76. The van der Waals surface area contributed by atoms with Crippen molar-refractivity contribution in [2.24, 2.45) is 5.92 Å². The van der Waals surface area contributed by atoms with Crippen molar-refractivity contribution < 1.29 is 43.9 Å². The van der Waals surface area contributed by atoms with Crippen LogP contribution in [0.5, 0.6) is 0 Å². The molecule has 2 amide bonds. The van der Waals surface area contributed by atoms with Gasteiger partial charge in [0.1, 0.15) is 6.10 Å². The number of hydrogen-bond acceptors (Lipinski definition) is 3. The maximum atomic E-state index is 11.2. The van der Waals surface area contributed by atoms with E-state index < -0.39 is 6.09 Å². The zero-order valence-electron chi connectivity index (χ0n) is 7.66. The summed E-state index contributed by atoms with van der Waals surface area (Å²) in [6.07, 6.45) is 2.83. The molecular weight excluding hydrogens is 181 g/mol. The van der Waals surface area contributed by atoms with Gasteiger partial charge in [-0.3, -0.25) is 4.79 Å². The molecule has 1 heterocycles. The van der Waals surface area contributed by atoms with E-state index in [-0.39, 0.29) is 47.5 Å². The van der Waals surface area contributed by atoms with E-state index in [1.54, 1.807) is 0 Å². The van der Waals surface area contributed by atoms with E-state index >= 15 is 0 Å². The van der Waals surface area contributed by atoms with Crippen LogP contribution in [0.4, 0.5) is 4.79 Å². The van der Waals surface area contributed by atoms with Gasteiger partial charge in [0.25, 0.3) is 0 Å². The zero-order chi connectivity index (χ0) is 8.55. The molecule has 2 unspecified atom stereocenters. The molecule has 2 rings (SSSR count). The number of fused-ring (bicyclic) bond motifs is 1. The second-order valence-corrected chi connectivity index (χ2v) is 3.26. The third kappa shape index (κ3) is 2.24. The Bertz CT molecular complexity index is 231. The number of nitrogens with zero attached hydrogens (tertiary/aromatic N) is 1. The number of rotatable bonds is 0. The third-order valence-corrected chi connectivity index (χ3v) is 2.47. The Labute approximate surface area is 98.7 Å². The molecule has 4 nitrogen and oxygen atoms in total. The summed E-state index contributed by atoms with van der Waals surface area (Å²) in [5.74, 6) is -0.424. The standard InChI is InChI=1S/C8H11NO3.Na/c10-7-5-3-1-2-4-6(5)12-8(11)9-7;/h5-6H,1-4H2,(H,9,10,11);/q;+1/p-1. The van der Waals surface area contributed by atoms with Crippen molar-refractivity contribution >= 4 is 12.0 Å². The van der Waals surface area contributed by atoms with Gasteiger partial charge in [0.05, 0.1) is 5.91 Å². The molecule has 1 saturated heterocycles. The van der Waals surface area contributed by atoms with Crippen LogP contribution in [0.2, 0.25) is 0 Å². The molecule has 0 aromatic carbocycles. The van der Waals surface area contributed by atoms with Crippen molar-refractivity contribution in [1.29, 1.82) is 0 Å². The van der Waals surface area contributed by atoms with Gasteiger partial charge in [0.15, 0.2) is 0 Å². The minimum atomic E-state index is -0.705. The number of carbonyl (C=O) groups excluding carboxylic acids is 2. The van der Waals surface area contributed by atoms with Gasteiger partial charge < -0.3 is 14.8 Å². The molecule has 13 heavy (non-hydrogen) atoms. The van der Waals surface area contributed by atoms with Crippen LogP contribution in [0.25, 0.3) is 5.32 Å². The molecule has 5 heteroatoms. The van der Waals surface area contributed by atoms with Gasteiger partial charge in [0, 0.05) is 5.92 Å². The van der Waals surface area contributed by atoms with Crippen LogP contribution in [-0.4, -0.2) is 18.1 Å². The van der Waals surface area contributed by atoms with Crippen molar-refractivity contribution in [1.82, 2.24) is 0 Å². The van der Waals surface area contributed by atoms with Crippen LogP contribution in [-0.2, 0) is 9.53 Å². The molecule has 0 aromatic rings. The second-order valence-electron chi connectivity index (χ2n) is 3.26. The summed E-state index contributed by atoms with van der Waals surface area (Å²) in [7, 11) is 0. The maximum absolute atomic E-state index is 11.2. The van der Waals surface area contributed by atoms with Gasteiger partial charge in [-0.15, -0.1) is 0 Å². The van der Waals surface area contributed by atoms with Gasteiger partial charge in [-0.2, -0.15) is 0 Å². The number of amides is 2. The van der Waals surface area contributed by atoms with Gasteiger partial charge in [-0.1, -0.05) is 6.42 Å². The summed E-state index contributed by atoms with van der Waals surface area (Å²) in [4.78, 5) is 21.9. The number of imide groups is 1. The summed E-state index contributed by atoms with van der Waals surface area (Å²) in [6.45, 7) is 0. The Morgan fingerprint density at radius 2 is 1.92 bits per heavy atom. The van der Waals surface area contributed by atoms with Crippen molar-refractivity contribution in [3.63, 3.8) is 0 Å². The summed E-state index contributed by atoms with van der Waals surface area (Å²) in [6, 6.07) is 0. The van der Waals surface area contributed by atoms with Gasteiger partial charge >= 0.3 is 29.6 Å². The van der Waals surface area contributed by atoms with Crippen LogP contribution in [0, 0.1) is 5.92 Å². The van der Waals surface area contributed by atoms with Crippen molar-refractivity contribution in [2.75, 3.05) is 0 Å². The Balaban J connectivity index is 0.000000845. The van der Waals surface area contributed by atoms with E-state index in [0.717, 1.165) is 25.7 Å². The van der Waals surface area contributed by atoms with E-state index in [1.807, 2.05) is 0 Å². The third-order valence-electron chi connectivity index (χ3n) is 2.47. The number of carbonyl (C=O) groups is 2. The number of hydrogen-bond donors (Lipinski definition) is 0. The average Bonchev–Trinajstić information content (AvgIpc) is 2.04. The second kappa shape index (κ2) is 4.44. The minimum Gasteiger partial charge on any atom is -0.560 e. The summed E-state index contributed by atoms with van der Waals surface area (Å²) < 4.78 is 4.93. The first-order valence-corrected chi connectivity index (χ1v) is 4.23. The predicted molar refractivity (Wildman–Crippen MR) is 40.6 cm³/mol. The number of ether oxygens (including phenoxy) is 1. The molecule has 2 aliphatic rings. The first-order chi connectivity index (χ1) is 5.77. The SMILES string of the molecule is O=C1[N-]C(=O)C2CCCCC2O1.[Na+]. The van der Waals surface area contributed by atoms with Crippen LogP contribution < -0.4 is 29.6 Å². The fraction of sp³-hybridized carbons (Fsp3) is 0.750. The van der Waals surface area contributed by atoms with E-state index in [2.05, 4.69) is 5.32 Å². The molecule has 0 N–H and O–H groups in total. The first-order valence-electron chi connectivity index (χ1n) is 4.23. The monoisotopic (exact) mass is 191 g/mol. The molecule has 66 valence electrons. The quantitative estimate of drug-likeness (QED) is 0.442. The van der Waals surface area contributed by atoms with Gasteiger partial charge in [-0.05, 0) is 19.3 Å². The molecule has 1 aliphatic carbocycles. The van der Waals surface area contributed by atoms with E-state index in [0.29, 0.717) is 0 Å². The molecule has 2 fully saturated rings. The smallest absolute Gasteiger partial charge is 0.560 e. The van der Waals surface area contributed by atoms with Gasteiger partial charge in [-0.25, -0.2) is 0 Å². The van der Waals surface area contributed by atoms with E-state index in [1.165, 1.54) is 0 Å². The maximum Gasteiger partial charge on any atom is 1.00 e. The summed E-state index contributed by atoms with van der Waals surface area (Å²) in [5, 5.41) is 3.27. The minimum absolute atomic E-state index is 0. The Hall–Kier alpha value is -0.0600. The molecule has 0 spiro atoms. The fourth-order valence-corrected chi connectivity index (χ4v) is 1.85. The summed E-state index contributed by atoms with van der Waals surface area (Å²) >= 11 is 0. The molecular formula is C8H10NNaO3. The Morgan fingerprint density at radius 3 is 2.69 bits per heavy atom. The van der Waals surface area contributed by atoms with Crippen molar-refractivity contribution in [3.8, 4) is 0 Å². The fourth-order valence-electron chi connectivity index (χ4n) is 1.85. The van der Waals surface area contributed by atoms with Crippen LogP contribution in [0.15, 0.2) is 0 Å². The topological polar surface area (TPSA) is 57.5 Å². The average molecular weight is 191 g/mol. The summed E-state index contributed by atoms with van der Waals surface area (Å²) in [5.41, 5.74) is 0. The molecule has 1 saturated carbocycles. The van der Waals surface area contributed by atoms with Gasteiger partial charge in [0.2, 0.25) is 6.09 Å². The Morgan fingerprint density at radius 1 is 1.23 bits per heavy atom. The van der Waals surface area contributed by atoms with Crippen molar-refractivity contribution in [2.45, 2.75) is 31.8 Å². The van der Waals surface area contributed by atoms with Crippen molar-refractivity contribution in [3.05, 3.63) is 5.32 Å². The van der Waals surface area contributed by atoms with Crippen LogP contribution in [0.3, 0.4) is 0 Å². The normalized spacial score (nSPS) is 32.3. The zero-order valence-corrected chi connectivity index (χ0v) is 9.66. The molecule has 0 bridgehead atoms. The predicted octanol–water partition coefficient (Wildman–Crippen LogP) is -1.40. The van der Waals surface area contributed by atoms with Crippen LogP contribution in [0.1, 0.15) is 25.7 Å². The van der Waals surface area contributed by atoms with E-state index in [9.17, 15) is 9.59 Å². The molecule has 0 radical (unpaired) electrons. The largest absolute Gasteiger partial charge is 1.00 e. The molecule has 2 atom stereocenters. The van der Waals surface area contributed by atoms with Crippen LogP contribution >= 0.6 is 0 Å². The van der Waals surface area contributed by atoms with E-state index in [4.69, 9.17) is 4.74 Å². The molecule has 0 aromatic heterocycles. The first kappa shape index (κ1) is 11.0.